The molecule has 7 heteroatoms. The van der Waals surface area contributed by atoms with Crippen molar-refractivity contribution in [3.8, 4) is 0 Å². The molecule has 1 heterocycles. The van der Waals surface area contributed by atoms with Crippen LogP contribution in [-0.2, 0) is 12.3 Å². The maximum absolute atomic E-state index is 13.1. The van der Waals surface area contributed by atoms with Crippen LogP contribution < -0.4 is 5.56 Å². The minimum Gasteiger partial charge on any atom is -0.283 e. The molecule has 4 aromatic rings. The van der Waals surface area contributed by atoms with Crippen molar-refractivity contribution in [1.82, 2.24) is 9.55 Å². The second-order valence-electron chi connectivity index (χ2n) is 6.50. The van der Waals surface area contributed by atoms with Crippen LogP contribution in [-0.4, -0.2) is 14.5 Å². The van der Waals surface area contributed by atoms with Gasteiger partial charge in [0.15, 0.2) is 5.16 Å². The van der Waals surface area contributed by atoms with Crippen LogP contribution >= 0.6 is 11.8 Å². The van der Waals surface area contributed by atoms with E-state index in [1.54, 1.807) is 22.8 Å². The summed E-state index contributed by atoms with van der Waals surface area (Å²) in [5, 5.41) is 12.0. The molecule has 0 fully saturated rings. The van der Waals surface area contributed by atoms with Gasteiger partial charge in [0, 0.05) is 17.9 Å². The molecular formula is C22H17N3O3S. The van der Waals surface area contributed by atoms with Gasteiger partial charge in [0.1, 0.15) is 0 Å². The summed E-state index contributed by atoms with van der Waals surface area (Å²) in [4.78, 5) is 28.2. The number of fused-ring (bicyclic) bond motifs is 1. The van der Waals surface area contributed by atoms with E-state index >= 15 is 0 Å². The lowest BCUT2D eigenvalue weighted by Gasteiger charge is -2.13. The van der Waals surface area contributed by atoms with Gasteiger partial charge in [-0.1, -0.05) is 66.4 Å². The normalized spacial score (nSPS) is 10.9. The van der Waals surface area contributed by atoms with Gasteiger partial charge in [-0.3, -0.25) is 19.5 Å². The van der Waals surface area contributed by atoms with Crippen LogP contribution in [0.15, 0.2) is 88.8 Å². The summed E-state index contributed by atoms with van der Waals surface area (Å²) in [5.74, 6) is 0.553. The van der Waals surface area contributed by atoms with Crippen molar-refractivity contribution in [2.75, 3.05) is 0 Å². The summed E-state index contributed by atoms with van der Waals surface area (Å²) in [6.07, 6.45) is 0. The van der Waals surface area contributed by atoms with Gasteiger partial charge >= 0.3 is 0 Å². The number of hydrogen-bond donors (Lipinski definition) is 0. The Morgan fingerprint density at radius 1 is 0.897 bits per heavy atom. The molecule has 1 aromatic heterocycles. The van der Waals surface area contributed by atoms with Gasteiger partial charge in [-0.15, -0.1) is 0 Å². The van der Waals surface area contributed by atoms with Gasteiger partial charge in [0.2, 0.25) is 0 Å². The van der Waals surface area contributed by atoms with E-state index in [-0.39, 0.29) is 11.2 Å². The number of benzene rings is 3. The summed E-state index contributed by atoms with van der Waals surface area (Å²) in [6.45, 7) is 0.431. The number of rotatable bonds is 6. The number of nitrogens with zero attached hydrogens (tertiary/aromatic N) is 3. The zero-order valence-electron chi connectivity index (χ0n) is 15.4. The number of non-ortho nitro benzene ring substituents is 1. The Kier molecular flexibility index (Phi) is 5.39. The van der Waals surface area contributed by atoms with Crippen LogP contribution in [0.4, 0.5) is 5.69 Å². The summed E-state index contributed by atoms with van der Waals surface area (Å²) >= 11 is 1.44. The van der Waals surface area contributed by atoms with E-state index in [0.717, 1.165) is 11.1 Å². The van der Waals surface area contributed by atoms with Crippen LogP contribution in [0, 0.1) is 10.1 Å². The number of nitro groups is 1. The first-order chi connectivity index (χ1) is 14.1. The fourth-order valence-electron chi connectivity index (χ4n) is 3.03. The fourth-order valence-corrected chi connectivity index (χ4v) is 3.98. The van der Waals surface area contributed by atoms with Crippen molar-refractivity contribution in [2.45, 2.75) is 17.5 Å². The van der Waals surface area contributed by atoms with Crippen LogP contribution in [0.25, 0.3) is 10.9 Å². The third-order valence-corrected chi connectivity index (χ3v) is 5.57. The van der Waals surface area contributed by atoms with Gasteiger partial charge in [-0.25, -0.2) is 4.98 Å². The lowest BCUT2D eigenvalue weighted by Crippen LogP contribution is -2.24. The highest BCUT2D eigenvalue weighted by atomic mass is 32.2. The standard InChI is InChI=1S/C22H17N3O3S/c26-21-19-8-4-5-9-20(19)23-22(24(21)14-16-6-2-1-3-7-16)29-15-17-10-12-18(13-11-17)25(27)28/h1-13H,14-15H2. The molecule has 0 amide bonds. The molecule has 4 rings (SSSR count). The molecule has 144 valence electrons. The second kappa shape index (κ2) is 8.28. The van der Waals surface area contributed by atoms with Gasteiger partial charge in [-0.05, 0) is 23.3 Å². The van der Waals surface area contributed by atoms with E-state index in [0.29, 0.717) is 28.4 Å². The third kappa shape index (κ3) is 4.20. The van der Waals surface area contributed by atoms with Gasteiger partial charge in [0.05, 0.1) is 22.4 Å². The van der Waals surface area contributed by atoms with Crippen LogP contribution in [0.2, 0.25) is 0 Å². The molecule has 0 N–H and O–H groups in total. The molecule has 0 atom stereocenters. The number of aromatic nitrogens is 2. The lowest BCUT2D eigenvalue weighted by atomic mass is 10.2. The van der Waals surface area contributed by atoms with Crippen LogP contribution in [0.5, 0.6) is 0 Å². The van der Waals surface area contributed by atoms with E-state index in [1.807, 2.05) is 48.5 Å². The molecule has 0 saturated heterocycles. The average Bonchev–Trinajstić information content (AvgIpc) is 2.75. The van der Waals surface area contributed by atoms with Crippen molar-refractivity contribution < 1.29 is 4.92 Å². The van der Waals surface area contributed by atoms with Crippen molar-refractivity contribution in [3.63, 3.8) is 0 Å². The highest BCUT2D eigenvalue weighted by Crippen LogP contribution is 2.24. The predicted molar refractivity (Wildman–Crippen MR) is 114 cm³/mol. The Morgan fingerprint density at radius 3 is 2.31 bits per heavy atom. The zero-order valence-corrected chi connectivity index (χ0v) is 16.2. The highest BCUT2D eigenvalue weighted by molar-refractivity contribution is 7.98. The SMILES string of the molecule is O=c1c2ccccc2nc(SCc2ccc([N+](=O)[O-])cc2)n1Cc1ccccc1. The van der Waals surface area contributed by atoms with Crippen LogP contribution in [0.1, 0.15) is 11.1 Å². The molecule has 3 aromatic carbocycles. The molecule has 0 unspecified atom stereocenters. The second-order valence-corrected chi connectivity index (χ2v) is 7.44. The lowest BCUT2D eigenvalue weighted by molar-refractivity contribution is -0.384. The smallest absolute Gasteiger partial charge is 0.269 e. The minimum atomic E-state index is -0.417. The van der Waals surface area contributed by atoms with Crippen molar-refractivity contribution in [2.24, 2.45) is 0 Å². The largest absolute Gasteiger partial charge is 0.283 e. The molecule has 0 saturated carbocycles. The van der Waals surface area contributed by atoms with E-state index < -0.39 is 4.92 Å². The first kappa shape index (κ1) is 18.9. The maximum Gasteiger partial charge on any atom is 0.269 e. The molecular weight excluding hydrogens is 386 g/mol. The Hall–Kier alpha value is -3.45. The predicted octanol–water partition coefficient (Wildman–Crippen LogP) is 4.65. The van der Waals surface area contributed by atoms with E-state index in [1.165, 1.54) is 23.9 Å². The molecule has 0 radical (unpaired) electrons. The first-order valence-electron chi connectivity index (χ1n) is 9.01. The van der Waals surface area contributed by atoms with Gasteiger partial charge in [0.25, 0.3) is 11.2 Å². The molecule has 0 aliphatic heterocycles. The summed E-state index contributed by atoms with van der Waals surface area (Å²) in [5.41, 5.74) is 2.58. The maximum atomic E-state index is 13.1. The monoisotopic (exact) mass is 403 g/mol. The van der Waals surface area contributed by atoms with Gasteiger partial charge in [-0.2, -0.15) is 0 Å². The Labute approximate surface area is 171 Å². The quantitative estimate of drug-likeness (QED) is 0.203. The molecule has 0 aliphatic carbocycles. The van der Waals surface area contributed by atoms with E-state index in [2.05, 4.69) is 0 Å². The number of hydrogen-bond acceptors (Lipinski definition) is 5. The van der Waals surface area contributed by atoms with Crippen molar-refractivity contribution in [1.29, 1.82) is 0 Å². The molecule has 29 heavy (non-hydrogen) atoms. The third-order valence-electron chi connectivity index (χ3n) is 4.53. The first-order valence-corrected chi connectivity index (χ1v) is 10.00. The Morgan fingerprint density at radius 2 is 1.59 bits per heavy atom. The molecule has 0 bridgehead atoms. The Balaban J connectivity index is 1.68. The molecule has 0 aliphatic rings. The number of nitro benzene ring substituents is 1. The molecule has 6 nitrogen and oxygen atoms in total. The van der Waals surface area contributed by atoms with Gasteiger partial charge < -0.3 is 0 Å². The van der Waals surface area contributed by atoms with E-state index in [4.69, 9.17) is 4.98 Å². The average molecular weight is 403 g/mol. The van der Waals surface area contributed by atoms with Crippen molar-refractivity contribution >= 4 is 28.4 Å². The zero-order chi connectivity index (χ0) is 20.2. The van der Waals surface area contributed by atoms with E-state index in [9.17, 15) is 14.9 Å². The van der Waals surface area contributed by atoms with Crippen molar-refractivity contribution in [3.05, 3.63) is 110 Å². The highest BCUT2D eigenvalue weighted by Gasteiger charge is 2.13. The summed E-state index contributed by atoms with van der Waals surface area (Å²) in [6, 6.07) is 23.5. The summed E-state index contributed by atoms with van der Waals surface area (Å²) in [7, 11) is 0. The number of thioether (sulfide) groups is 1. The number of para-hydroxylation sites is 1. The molecule has 0 spiro atoms. The minimum absolute atomic E-state index is 0.0589. The summed E-state index contributed by atoms with van der Waals surface area (Å²) < 4.78 is 1.69. The van der Waals surface area contributed by atoms with Crippen LogP contribution in [0.3, 0.4) is 0 Å². The Bertz CT molecular complexity index is 1220. The topological polar surface area (TPSA) is 78.0 Å². The fraction of sp³-hybridized carbons (Fsp3) is 0.0909.